The molecule has 0 heterocycles. The van der Waals surface area contributed by atoms with Gasteiger partial charge in [-0.1, -0.05) is 78.9 Å². The molecule has 132 valence electrons. The second kappa shape index (κ2) is 10.1. The fourth-order valence-electron chi connectivity index (χ4n) is 3.16. The lowest BCUT2D eigenvalue weighted by atomic mass is 9.81. The van der Waals surface area contributed by atoms with Gasteiger partial charge < -0.3 is 0 Å². The van der Waals surface area contributed by atoms with Gasteiger partial charge in [0.05, 0.1) is 0 Å². The van der Waals surface area contributed by atoms with E-state index in [1.165, 1.54) is 51.0 Å². The quantitative estimate of drug-likeness (QED) is 0.532. The Balaban J connectivity index is 0.000000231. The second-order valence-electron chi connectivity index (χ2n) is 8.47. The van der Waals surface area contributed by atoms with E-state index < -0.39 is 0 Å². The van der Waals surface area contributed by atoms with E-state index in [0.717, 1.165) is 17.9 Å². The van der Waals surface area contributed by atoms with Gasteiger partial charge in [0.1, 0.15) is 5.82 Å². The molecular formula is C22H37F. The summed E-state index contributed by atoms with van der Waals surface area (Å²) in [6, 6.07) is 6.81. The highest BCUT2D eigenvalue weighted by Crippen LogP contribution is 2.31. The average Bonchev–Trinajstić information content (AvgIpc) is 2.53. The van der Waals surface area contributed by atoms with Gasteiger partial charge in [0, 0.05) is 0 Å². The van der Waals surface area contributed by atoms with Crippen LogP contribution in [0.3, 0.4) is 0 Å². The van der Waals surface area contributed by atoms with Crippen LogP contribution in [-0.2, 0) is 0 Å². The predicted molar refractivity (Wildman–Crippen MR) is 100 cm³/mol. The lowest BCUT2D eigenvalue weighted by Crippen LogP contribution is -2.11. The lowest BCUT2D eigenvalue weighted by molar-refractivity contribution is 0.274. The highest BCUT2D eigenvalue weighted by Gasteiger charge is 2.17. The molecule has 0 aromatic heterocycles. The maximum absolute atomic E-state index is 12.7. The molecule has 0 radical (unpaired) electrons. The Kier molecular flexibility index (Phi) is 8.87. The molecule has 0 bridgehead atoms. The Hall–Kier alpha value is -0.850. The lowest BCUT2D eigenvalue weighted by Gasteiger charge is -2.25. The third kappa shape index (κ3) is 9.13. The van der Waals surface area contributed by atoms with E-state index in [9.17, 15) is 4.39 Å². The van der Waals surface area contributed by atoms with E-state index in [-0.39, 0.29) is 5.82 Å². The topological polar surface area (TPSA) is 0 Å². The smallest absolute Gasteiger partial charge is 0.123 e. The molecule has 1 aromatic carbocycles. The maximum atomic E-state index is 12.7. The van der Waals surface area contributed by atoms with E-state index in [1.807, 2.05) is 6.07 Å². The Morgan fingerprint density at radius 1 is 1.13 bits per heavy atom. The van der Waals surface area contributed by atoms with Crippen LogP contribution in [0.5, 0.6) is 0 Å². The van der Waals surface area contributed by atoms with Crippen molar-refractivity contribution in [3.63, 3.8) is 0 Å². The van der Waals surface area contributed by atoms with Crippen molar-refractivity contribution >= 4 is 0 Å². The van der Waals surface area contributed by atoms with E-state index in [2.05, 4.69) is 34.6 Å². The fraction of sp³-hybridized carbons (Fsp3) is 0.727. The molecule has 1 atom stereocenters. The summed E-state index contributed by atoms with van der Waals surface area (Å²) in [5.74, 6) is 1.39. The molecular weight excluding hydrogens is 283 g/mol. The first-order valence-corrected chi connectivity index (χ1v) is 9.57. The Morgan fingerprint density at radius 2 is 1.78 bits per heavy atom. The first kappa shape index (κ1) is 20.2. The highest BCUT2D eigenvalue weighted by molar-refractivity contribution is 5.19. The molecule has 1 heteroatoms. The Morgan fingerprint density at radius 3 is 2.30 bits per heavy atom. The molecule has 0 spiro atoms. The zero-order chi connectivity index (χ0) is 17.3. The summed E-state index contributed by atoms with van der Waals surface area (Å²) in [5.41, 5.74) is 1.64. The van der Waals surface area contributed by atoms with Gasteiger partial charge in [0.2, 0.25) is 0 Å². The third-order valence-electron chi connectivity index (χ3n) is 5.06. The molecule has 1 saturated carbocycles. The van der Waals surface area contributed by atoms with Gasteiger partial charge in [-0.15, -0.1) is 0 Å². The number of rotatable bonds is 4. The molecule has 23 heavy (non-hydrogen) atoms. The zero-order valence-corrected chi connectivity index (χ0v) is 16.0. The van der Waals surface area contributed by atoms with Gasteiger partial charge in [-0.25, -0.2) is 4.39 Å². The molecule has 0 amide bonds. The SMILES string of the molecule is CC(C)(C)CCC1CCCCC1.CCC(C)c1cccc(F)c1. The van der Waals surface area contributed by atoms with Crippen LogP contribution in [0.15, 0.2) is 24.3 Å². The van der Waals surface area contributed by atoms with Gasteiger partial charge >= 0.3 is 0 Å². The monoisotopic (exact) mass is 320 g/mol. The number of hydrogen-bond donors (Lipinski definition) is 0. The predicted octanol–water partition coefficient (Wildman–Crippen LogP) is 7.73. The van der Waals surface area contributed by atoms with Crippen LogP contribution in [0.2, 0.25) is 0 Å². The summed E-state index contributed by atoms with van der Waals surface area (Å²) < 4.78 is 12.7. The first-order chi connectivity index (χ1) is 10.8. The van der Waals surface area contributed by atoms with Crippen molar-refractivity contribution in [3.05, 3.63) is 35.6 Å². The molecule has 0 nitrogen and oxygen atoms in total. The molecule has 1 aliphatic rings. The van der Waals surface area contributed by atoms with Crippen LogP contribution >= 0.6 is 0 Å². The normalized spacial score (nSPS) is 17.3. The summed E-state index contributed by atoms with van der Waals surface area (Å²) >= 11 is 0. The average molecular weight is 321 g/mol. The number of halogens is 1. The molecule has 0 saturated heterocycles. The van der Waals surface area contributed by atoms with Gasteiger partial charge in [0.25, 0.3) is 0 Å². The van der Waals surface area contributed by atoms with Crippen molar-refractivity contribution in [2.75, 3.05) is 0 Å². The van der Waals surface area contributed by atoms with Crippen molar-refractivity contribution in [2.24, 2.45) is 11.3 Å². The molecule has 1 aromatic rings. The number of benzene rings is 1. The third-order valence-corrected chi connectivity index (χ3v) is 5.06. The summed E-state index contributed by atoms with van der Waals surface area (Å²) in [7, 11) is 0. The van der Waals surface area contributed by atoms with E-state index in [4.69, 9.17) is 0 Å². The van der Waals surface area contributed by atoms with Crippen molar-refractivity contribution in [2.45, 2.75) is 91.9 Å². The van der Waals surface area contributed by atoms with Crippen LogP contribution in [0.4, 0.5) is 4.39 Å². The van der Waals surface area contributed by atoms with E-state index >= 15 is 0 Å². The molecule has 1 unspecified atom stereocenters. The van der Waals surface area contributed by atoms with Crippen LogP contribution in [0.1, 0.15) is 97.5 Å². The van der Waals surface area contributed by atoms with Gasteiger partial charge in [-0.05, 0) is 54.2 Å². The van der Waals surface area contributed by atoms with E-state index in [0.29, 0.717) is 11.3 Å². The van der Waals surface area contributed by atoms with Crippen molar-refractivity contribution in [1.29, 1.82) is 0 Å². The number of hydrogen-bond acceptors (Lipinski definition) is 0. The summed E-state index contributed by atoms with van der Waals surface area (Å²) in [6.45, 7) is 11.3. The van der Waals surface area contributed by atoms with Gasteiger partial charge in [-0.2, -0.15) is 0 Å². The standard InChI is InChI=1S/C12H24.C10H13F/c1-12(2,3)10-9-11-7-5-4-6-8-11;1-3-8(2)9-5-4-6-10(11)7-9/h11H,4-10H2,1-3H3;4-8H,3H2,1-2H3. The first-order valence-electron chi connectivity index (χ1n) is 9.57. The van der Waals surface area contributed by atoms with E-state index in [1.54, 1.807) is 12.1 Å². The minimum atomic E-state index is -0.136. The molecule has 2 rings (SSSR count). The molecule has 0 aliphatic heterocycles. The van der Waals surface area contributed by atoms with Crippen molar-refractivity contribution in [1.82, 2.24) is 0 Å². The van der Waals surface area contributed by atoms with Crippen LogP contribution in [-0.4, -0.2) is 0 Å². The minimum Gasteiger partial charge on any atom is -0.207 e. The van der Waals surface area contributed by atoms with Crippen molar-refractivity contribution < 1.29 is 4.39 Å². The van der Waals surface area contributed by atoms with Crippen molar-refractivity contribution in [3.8, 4) is 0 Å². The molecule has 1 aliphatic carbocycles. The van der Waals surface area contributed by atoms with Gasteiger partial charge in [0.15, 0.2) is 0 Å². The minimum absolute atomic E-state index is 0.136. The fourth-order valence-corrected chi connectivity index (χ4v) is 3.16. The second-order valence-corrected chi connectivity index (χ2v) is 8.47. The molecule has 1 fully saturated rings. The Bertz CT molecular complexity index is 424. The maximum Gasteiger partial charge on any atom is 0.123 e. The molecule has 0 N–H and O–H groups in total. The zero-order valence-electron chi connectivity index (χ0n) is 16.0. The largest absolute Gasteiger partial charge is 0.207 e. The van der Waals surface area contributed by atoms with Gasteiger partial charge in [-0.3, -0.25) is 0 Å². The summed E-state index contributed by atoms with van der Waals surface area (Å²) in [5, 5.41) is 0. The summed E-state index contributed by atoms with van der Waals surface area (Å²) in [4.78, 5) is 0. The Labute approximate surface area is 143 Å². The van der Waals surface area contributed by atoms with Crippen LogP contribution in [0.25, 0.3) is 0 Å². The van der Waals surface area contributed by atoms with Crippen LogP contribution in [0, 0.1) is 17.2 Å². The van der Waals surface area contributed by atoms with Crippen LogP contribution < -0.4 is 0 Å². The summed E-state index contributed by atoms with van der Waals surface area (Å²) in [6.07, 6.45) is 11.5. The highest BCUT2D eigenvalue weighted by atomic mass is 19.1.